The van der Waals surface area contributed by atoms with Crippen molar-refractivity contribution in [2.45, 2.75) is 111 Å². The second kappa shape index (κ2) is 11.5. The van der Waals surface area contributed by atoms with E-state index in [4.69, 9.17) is 14.0 Å². The zero-order valence-electron chi connectivity index (χ0n) is 16.2. The van der Waals surface area contributed by atoms with Crippen LogP contribution in [0.2, 0.25) is 0 Å². The van der Waals surface area contributed by atoms with Crippen LogP contribution in [0.4, 0.5) is 0 Å². The van der Waals surface area contributed by atoms with Crippen molar-refractivity contribution in [1.82, 2.24) is 0 Å². The standard InChI is InChI=1S/C19H39BO3/c1-6-8-10-11-13-18(12-9-7-2)14-15-21-20-22-17(3)16-19(4,5)23-20/h17-18H,6-16H2,1-5H3. The first kappa shape index (κ1) is 21.0. The summed E-state index contributed by atoms with van der Waals surface area (Å²) in [7, 11) is -0.485. The summed E-state index contributed by atoms with van der Waals surface area (Å²) in [5.74, 6) is 0.792. The van der Waals surface area contributed by atoms with E-state index in [0.29, 0.717) is 0 Å². The highest BCUT2D eigenvalue weighted by Crippen LogP contribution is 2.27. The maximum Gasteiger partial charge on any atom is 0.640 e. The largest absolute Gasteiger partial charge is 0.640 e. The Labute approximate surface area is 145 Å². The van der Waals surface area contributed by atoms with Crippen molar-refractivity contribution >= 4 is 7.32 Å². The first-order chi connectivity index (χ1) is 11.0. The van der Waals surface area contributed by atoms with E-state index in [9.17, 15) is 0 Å². The molecule has 4 heteroatoms. The highest BCUT2D eigenvalue weighted by atomic mass is 16.7. The van der Waals surface area contributed by atoms with Gasteiger partial charge in [0.1, 0.15) is 0 Å². The lowest BCUT2D eigenvalue weighted by molar-refractivity contribution is -0.0697. The van der Waals surface area contributed by atoms with Crippen LogP contribution in [0.1, 0.15) is 98.8 Å². The summed E-state index contributed by atoms with van der Waals surface area (Å²) in [6.45, 7) is 11.6. The maximum absolute atomic E-state index is 5.88. The fourth-order valence-corrected chi connectivity index (χ4v) is 3.46. The van der Waals surface area contributed by atoms with E-state index in [1.165, 1.54) is 51.4 Å². The first-order valence-electron chi connectivity index (χ1n) is 9.91. The molecular formula is C19H39BO3. The van der Waals surface area contributed by atoms with Crippen LogP contribution in [-0.2, 0) is 14.0 Å². The normalized spacial score (nSPS) is 22.3. The van der Waals surface area contributed by atoms with Crippen LogP contribution in [0.25, 0.3) is 0 Å². The Kier molecular flexibility index (Phi) is 10.5. The average molecular weight is 326 g/mol. The van der Waals surface area contributed by atoms with Gasteiger partial charge < -0.3 is 14.0 Å². The van der Waals surface area contributed by atoms with Gasteiger partial charge in [-0.15, -0.1) is 0 Å². The Morgan fingerprint density at radius 3 is 2.39 bits per heavy atom. The third-order valence-electron chi connectivity index (χ3n) is 4.75. The first-order valence-corrected chi connectivity index (χ1v) is 9.91. The molecule has 0 saturated carbocycles. The molecular weight excluding hydrogens is 287 g/mol. The molecule has 0 aliphatic carbocycles. The topological polar surface area (TPSA) is 27.7 Å². The third-order valence-corrected chi connectivity index (χ3v) is 4.75. The quantitative estimate of drug-likeness (QED) is 0.337. The van der Waals surface area contributed by atoms with Gasteiger partial charge in [0.05, 0.1) is 5.60 Å². The Hall–Kier alpha value is -0.0551. The molecule has 0 N–H and O–H groups in total. The summed E-state index contributed by atoms with van der Waals surface area (Å²) in [6, 6.07) is 0. The lowest BCUT2D eigenvalue weighted by Crippen LogP contribution is -2.47. The molecule has 2 unspecified atom stereocenters. The van der Waals surface area contributed by atoms with Gasteiger partial charge in [0.15, 0.2) is 0 Å². The molecule has 0 radical (unpaired) electrons. The van der Waals surface area contributed by atoms with Crippen molar-refractivity contribution in [3.8, 4) is 0 Å². The monoisotopic (exact) mass is 326 g/mol. The van der Waals surface area contributed by atoms with Crippen molar-refractivity contribution in [2.75, 3.05) is 6.61 Å². The van der Waals surface area contributed by atoms with Gasteiger partial charge in [0, 0.05) is 12.7 Å². The fourth-order valence-electron chi connectivity index (χ4n) is 3.46. The van der Waals surface area contributed by atoms with E-state index >= 15 is 0 Å². The predicted octanol–water partition coefficient (Wildman–Crippen LogP) is 5.76. The van der Waals surface area contributed by atoms with Crippen LogP contribution in [0, 0.1) is 5.92 Å². The van der Waals surface area contributed by atoms with Gasteiger partial charge in [-0.05, 0) is 39.5 Å². The minimum absolute atomic E-state index is 0.149. The number of hydrogen-bond donors (Lipinski definition) is 0. The van der Waals surface area contributed by atoms with Crippen LogP contribution in [0.3, 0.4) is 0 Å². The van der Waals surface area contributed by atoms with E-state index in [1.807, 2.05) is 0 Å². The zero-order chi connectivity index (χ0) is 17.1. The average Bonchev–Trinajstić information content (AvgIpc) is 2.46. The van der Waals surface area contributed by atoms with Gasteiger partial charge in [-0.1, -0.05) is 65.2 Å². The third kappa shape index (κ3) is 9.74. The van der Waals surface area contributed by atoms with E-state index in [2.05, 4.69) is 34.6 Å². The van der Waals surface area contributed by atoms with Gasteiger partial charge >= 0.3 is 7.32 Å². The Balaban J connectivity index is 2.27. The molecule has 0 aromatic heterocycles. The number of hydrogen-bond acceptors (Lipinski definition) is 3. The molecule has 2 atom stereocenters. The number of unbranched alkanes of at least 4 members (excludes halogenated alkanes) is 4. The Bertz CT molecular complexity index is 296. The van der Waals surface area contributed by atoms with Crippen molar-refractivity contribution in [1.29, 1.82) is 0 Å². The summed E-state index contributed by atoms with van der Waals surface area (Å²) in [6.07, 6.45) is 13.0. The SMILES string of the molecule is CCCCCCC(CCCC)CCOB1OC(C)CC(C)(C)O1. The summed E-state index contributed by atoms with van der Waals surface area (Å²) >= 11 is 0. The molecule has 136 valence electrons. The molecule has 3 nitrogen and oxygen atoms in total. The predicted molar refractivity (Wildman–Crippen MR) is 98.4 cm³/mol. The molecule has 0 spiro atoms. The molecule has 1 aliphatic rings. The van der Waals surface area contributed by atoms with Crippen LogP contribution in [0.15, 0.2) is 0 Å². The maximum atomic E-state index is 5.88. The summed E-state index contributed by atoms with van der Waals surface area (Å²) < 4.78 is 17.5. The molecule has 1 aliphatic heterocycles. The Morgan fingerprint density at radius 2 is 1.74 bits per heavy atom. The summed E-state index contributed by atoms with van der Waals surface area (Å²) in [5.41, 5.74) is -0.149. The highest BCUT2D eigenvalue weighted by molar-refractivity contribution is 6.36. The van der Waals surface area contributed by atoms with Gasteiger partial charge in [-0.3, -0.25) is 0 Å². The second-order valence-corrected chi connectivity index (χ2v) is 7.83. The molecule has 1 heterocycles. The molecule has 23 heavy (non-hydrogen) atoms. The number of rotatable bonds is 12. The van der Waals surface area contributed by atoms with Crippen LogP contribution >= 0.6 is 0 Å². The highest BCUT2D eigenvalue weighted by Gasteiger charge is 2.39. The van der Waals surface area contributed by atoms with Crippen LogP contribution in [0.5, 0.6) is 0 Å². The molecule has 0 bridgehead atoms. The van der Waals surface area contributed by atoms with Gasteiger partial charge in [0.25, 0.3) is 0 Å². The molecule has 0 aromatic carbocycles. The van der Waals surface area contributed by atoms with Crippen molar-refractivity contribution in [3.05, 3.63) is 0 Å². The molecule has 0 amide bonds. The molecule has 1 fully saturated rings. The fraction of sp³-hybridized carbons (Fsp3) is 1.00. The van der Waals surface area contributed by atoms with E-state index in [-0.39, 0.29) is 11.7 Å². The van der Waals surface area contributed by atoms with Crippen LogP contribution in [-0.4, -0.2) is 25.6 Å². The molecule has 1 saturated heterocycles. The van der Waals surface area contributed by atoms with Gasteiger partial charge in [-0.25, -0.2) is 0 Å². The minimum Gasteiger partial charge on any atom is -0.386 e. The minimum atomic E-state index is -0.485. The molecule has 1 rings (SSSR count). The van der Waals surface area contributed by atoms with Gasteiger partial charge in [-0.2, -0.15) is 0 Å². The summed E-state index contributed by atoms with van der Waals surface area (Å²) in [5, 5.41) is 0. The Morgan fingerprint density at radius 1 is 1.04 bits per heavy atom. The summed E-state index contributed by atoms with van der Waals surface area (Å²) in [4.78, 5) is 0. The van der Waals surface area contributed by atoms with E-state index in [0.717, 1.165) is 25.4 Å². The van der Waals surface area contributed by atoms with Crippen molar-refractivity contribution in [3.63, 3.8) is 0 Å². The van der Waals surface area contributed by atoms with E-state index < -0.39 is 7.32 Å². The lowest BCUT2D eigenvalue weighted by atomic mass is 9.92. The van der Waals surface area contributed by atoms with Gasteiger partial charge in [0.2, 0.25) is 0 Å². The zero-order valence-corrected chi connectivity index (χ0v) is 16.2. The van der Waals surface area contributed by atoms with Crippen molar-refractivity contribution < 1.29 is 14.0 Å². The molecule has 0 aromatic rings. The van der Waals surface area contributed by atoms with Crippen molar-refractivity contribution in [2.24, 2.45) is 5.92 Å². The lowest BCUT2D eigenvalue weighted by Gasteiger charge is -2.37. The van der Waals surface area contributed by atoms with E-state index in [1.54, 1.807) is 0 Å². The second-order valence-electron chi connectivity index (χ2n) is 7.83. The smallest absolute Gasteiger partial charge is 0.386 e. The van der Waals surface area contributed by atoms with Crippen LogP contribution < -0.4 is 0 Å².